The third kappa shape index (κ3) is 3.09. The molecule has 1 aromatic heterocycles. The Balaban J connectivity index is 1.69. The van der Waals surface area contributed by atoms with Gasteiger partial charge in [-0.2, -0.15) is 0 Å². The summed E-state index contributed by atoms with van der Waals surface area (Å²) < 4.78 is 5.05. The van der Waals surface area contributed by atoms with Crippen molar-refractivity contribution >= 4 is 0 Å². The third-order valence-electron chi connectivity index (χ3n) is 3.43. The van der Waals surface area contributed by atoms with Gasteiger partial charge < -0.3 is 14.6 Å². The van der Waals surface area contributed by atoms with E-state index in [1.807, 2.05) is 12.3 Å². The molecule has 3 heteroatoms. The maximum Gasteiger partial charge on any atom is 0.0947 e. The summed E-state index contributed by atoms with van der Waals surface area (Å²) in [6.07, 6.45) is 6.07. The minimum absolute atomic E-state index is 0.671. The fraction of sp³-hybridized carbons (Fsp3) is 0.692. The van der Waals surface area contributed by atoms with Crippen molar-refractivity contribution in [3.8, 4) is 0 Å². The number of rotatable bonds is 4. The number of likely N-dealkylation sites (tertiary alicyclic amines) is 1. The van der Waals surface area contributed by atoms with Crippen LogP contribution in [0.25, 0.3) is 0 Å². The molecular formula is C13H22N2O. The average Bonchev–Trinajstić information content (AvgIpc) is 2.80. The van der Waals surface area contributed by atoms with Crippen LogP contribution in [0.5, 0.6) is 0 Å². The summed E-state index contributed by atoms with van der Waals surface area (Å²) in [7, 11) is 0. The fourth-order valence-corrected chi connectivity index (χ4v) is 2.28. The molecule has 3 nitrogen and oxygen atoms in total. The van der Waals surface area contributed by atoms with Gasteiger partial charge in [-0.15, -0.1) is 0 Å². The molecule has 1 fully saturated rings. The van der Waals surface area contributed by atoms with E-state index in [0.717, 1.165) is 6.54 Å². The Labute approximate surface area is 97.8 Å². The SMILES string of the molecule is CC(C)N1CCC(NCc2ccoc2)CC1. The van der Waals surface area contributed by atoms with Crippen LogP contribution in [0, 0.1) is 0 Å². The lowest BCUT2D eigenvalue weighted by Gasteiger charge is -2.34. The molecule has 2 rings (SSSR count). The van der Waals surface area contributed by atoms with Crippen LogP contribution < -0.4 is 5.32 Å². The lowest BCUT2D eigenvalue weighted by Crippen LogP contribution is -2.44. The molecular weight excluding hydrogens is 200 g/mol. The van der Waals surface area contributed by atoms with E-state index in [1.54, 1.807) is 6.26 Å². The summed E-state index contributed by atoms with van der Waals surface area (Å²) in [4.78, 5) is 2.55. The highest BCUT2D eigenvalue weighted by Gasteiger charge is 2.20. The van der Waals surface area contributed by atoms with Gasteiger partial charge in [0.1, 0.15) is 0 Å². The molecule has 1 aliphatic rings. The summed E-state index contributed by atoms with van der Waals surface area (Å²) in [5.74, 6) is 0. The van der Waals surface area contributed by atoms with Crippen molar-refractivity contribution in [2.24, 2.45) is 0 Å². The highest BCUT2D eigenvalue weighted by molar-refractivity contribution is 5.04. The van der Waals surface area contributed by atoms with E-state index in [4.69, 9.17) is 4.42 Å². The second-order valence-corrected chi connectivity index (χ2v) is 4.92. The number of piperidine rings is 1. The Kier molecular flexibility index (Phi) is 4.02. The maximum absolute atomic E-state index is 5.05. The van der Waals surface area contributed by atoms with Gasteiger partial charge in [0.2, 0.25) is 0 Å². The van der Waals surface area contributed by atoms with Gasteiger partial charge >= 0.3 is 0 Å². The van der Waals surface area contributed by atoms with Crippen molar-refractivity contribution in [2.45, 2.75) is 45.3 Å². The summed E-state index contributed by atoms with van der Waals surface area (Å²) in [5, 5.41) is 3.60. The molecule has 1 aromatic rings. The van der Waals surface area contributed by atoms with Gasteiger partial charge in [-0.25, -0.2) is 0 Å². The number of hydrogen-bond acceptors (Lipinski definition) is 3. The van der Waals surface area contributed by atoms with Crippen molar-refractivity contribution in [1.29, 1.82) is 0 Å². The van der Waals surface area contributed by atoms with E-state index >= 15 is 0 Å². The molecule has 0 saturated carbocycles. The minimum atomic E-state index is 0.671. The number of nitrogens with zero attached hydrogens (tertiary/aromatic N) is 1. The van der Waals surface area contributed by atoms with Crippen LogP contribution in [0.1, 0.15) is 32.3 Å². The average molecular weight is 222 g/mol. The Morgan fingerprint density at radius 1 is 1.44 bits per heavy atom. The first kappa shape index (κ1) is 11.7. The van der Waals surface area contributed by atoms with Crippen molar-refractivity contribution in [3.05, 3.63) is 24.2 Å². The monoisotopic (exact) mass is 222 g/mol. The molecule has 0 aromatic carbocycles. The Morgan fingerprint density at radius 3 is 2.75 bits per heavy atom. The lowest BCUT2D eigenvalue weighted by molar-refractivity contribution is 0.161. The smallest absolute Gasteiger partial charge is 0.0947 e. The van der Waals surface area contributed by atoms with Gasteiger partial charge in [0.25, 0.3) is 0 Å². The normalized spacial score (nSPS) is 19.4. The molecule has 0 amide bonds. The lowest BCUT2D eigenvalue weighted by atomic mass is 10.0. The standard InChI is InChI=1S/C13H22N2O/c1-11(2)15-6-3-13(4-7-15)14-9-12-5-8-16-10-12/h5,8,10-11,13-14H,3-4,6-7,9H2,1-2H3. The van der Waals surface area contributed by atoms with Crippen LogP contribution in [0.4, 0.5) is 0 Å². The molecule has 90 valence electrons. The van der Waals surface area contributed by atoms with E-state index in [-0.39, 0.29) is 0 Å². The Hall–Kier alpha value is -0.800. The van der Waals surface area contributed by atoms with Crippen molar-refractivity contribution in [2.75, 3.05) is 13.1 Å². The zero-order chi connectivity index (χ0) is 11.4. The molecule has 2 heterocycles. The number of furan rings is 1. The Bertz CT molecular complexity index is 287. The molecule has 16 heavy (non-hydrogen) atoms. The van der Waals surface area contributed by atoms with Gasteiger partial charge in [0.15, 0.2) is 0 Å². The topological polar surface area (TPSA) is 28.4 Å². The predicted molar refractivity (Wildman–Crippen MR) is 65.3 cm³/mol. The first-order valence-electron chi connectivity index (χ1n) is 6.24. The summed E-state index contributed by atoms with van der Waals surface area (Å²) in [6.45, 7) is 7.93. The fourth-order valence-electron chi connectivity index (χ4n) is 2.28. The molecule has 1 aliphatic heterocycles. The molecule has 1 N–H and O–H groups in total. The zero-order valence-electron chi connectivity index (χ0n) is 10.3. The summed E-state index contributed by atoms with van der Waals surface area (Å²) >= 11 is 0. The second-order valence-electron chi connectivity index (χ2n) is 4.92. The molecule has 0 unspecified atom stereocenters. The van der Waals surface area contributed by atoms with Crippen LogP contribution in [-0.2, 0) is 6.54 Å². The van der Waals surface area contributed by atoms with Gasteiger partial charge in [-0.3, -0.25) is 0 Å². The van der Waals surface area contributed by atoms with Crippen LogP contribution >= 0.6 is 0 Å². The van der Waals surface area contributed by atoms with Crippen molar-refractivity contribution in [1.82, 2.24) is 10.2 Å². The van der Waals surface area contributed by atoms with E-state index in [0.29, 0.717) is 12.1 Å². The van der Waals surface area contributed by atoms with Crippen molar-refractivity contribution in [3.63, 3.8) is 0 Å². The minimum Gasteiger partial charge on any atom is -0.472 e. The first-order valence-corrected chi connectivity index (χ1v) is 6.24. The number of hydrogen-bond donors (Lipinski definition) is 1. The van der Waals surface area contributed by atoms with Crippen LogP contribution in [0.3, 0.4) is 0 Å². The van der Waals surface area contributed by atoms with Gasteiger partial charge in [0.05, 0.1) is 12.5 Å². The maximum atomic E-state index is 5.05. The zero-order valence-corrected chi connectivity index (χ0v) is 10.3. The molecule has 0 spiro atoms. The second kappa shape index (κ2) is 5.51. The number of nitrogens with one attached hydrogen (secondary N) is 1. The van der Waals surface area contributed by atoms with E-state index in [9.17, 15) is 0 Å². The largest absolute Gasteiger partial charge is 0.472 e. The van der Waals surface area contributed by atoms with Gasteiger partial charge in [-0.05, 0) is 45.8 Å². The van der Waals surface area contributed by atoms with Crippen molar-refractivity contribution < 1.29 is 4.42 Å². The highest BCUT2D eigenvalue weighted by atomic mass is 16.3. The summed E-state index contributed by atoms with van der Waals surface area (Å²) in [6, 6.07) is 3.38. The Morgan fingerprint density at radius 2 is 2.19 bits per heavy atom. The van der Waals surface area contributed by atoms with Crippen LogP contribution in [-0.4, -0.2) is 30.1 Å². The quantitative estimate of drug-likeness (QED) is 0.847. The predicted octanol–water partition coefficient (Wildman–Crippen LogP) is 2.24. The van der Waals surface area contributed by atoms with Crippen LogP contribution in [0.2, 0.25) is 0 Å². The highest BCUT2D eigenvalue weighted by Crippen LogP contribution is 2.13. The van der Waals surface area contributed by atoms with E-state index < -0.39 is 0 Å². The van der Waals surface area contributed by atoms with Gasteiger partial charge in [0, 0.05) is 24.2 Å². The molecule has 0 atom stereocenters. The molecule has 0 radical (unpaired) electrons. The molecule has 0 bridgehead atoms. The van der Waals surface area contributed by atoms with Crippen LogP contribution in [0.15, 0.2) is 23.0 Å². The first-order chi connectivity index (χ1) is 7.75. The third-order valence-corrected chi connectivity index (χ3v) is 3.43. The molecule has 1 saturated heterocycles. The van der Waals surface area contributed by atoms with E-state index in [1.165, 1.54) is 31.5 Å². The van der Waals surface area contributed by atoms with E-state index in [2.05, 4.69) is 24.1 Å². The van der Waals surface area contributed by atoms with Gasteiger partial charge in [-0.1, -0.05) is 0 Å². The molecule has 0 aliphatic carbocycles. The summed E-state index contributed by atoms with van der Waals surface area (Å²) in [5.41, 5.74) is 1.24.